The number of hydrogen-bond donors (Lipinski definition) is 0. The van der Waals surface area contributed by atoms with Gasteiger partial charge in [0.15, 0.2) is 0 Å². The van der Waals surface area contributed by atoms with E-state index >= 15 is 0 Å². The lowest BCUT2D eigenvalue weighted by Gasteiger charge is -2.12. The van der Waals surface area contributed by atoms with Crippen LogP contribution >= 0.6 is 34.0 Å². The van der Waals surface area contributed by atoms with Crippen molar-refractivity contribution in [1.82, 2.24) is 33.6 Å². The average Bonchev–Trinajstić information content (AvgIpc) is 1.56. The van der Waals surface area contributed by atoms with Crippen molar-refractivity contribution in [3.8, 4) is 39.3 Å². The molecule has 0 radical (unpaired) electrons. The zero-order valence-electron chi connectivity index (χ0n) is 54.6. The van der Waals surface area contributed by atoms with Crippen molar-refractivity contribution in [2.75, 3.05) is 0 Å². The number of aromatic nitrogens is 7. The molecule has 13 aromatic carbocycles. The van der Waals surface area contributed by atoms with Crippen LogP contribution in [0.5, 0.6) is 0 Å². The van der Waals surface area contributed by atoms with E-state index in [0.29, 0.717) is 0 Å². The van der Waals surface area contributed by atoms with Gasteiger partial charge in [-0.2, -0.15) is 0 Å². The number of hydrogen-bond acceptors (Lipinski definition) is 7. The summed E-state index contributed by atoms with van der Waals surface area (Å²) in [6.07, 6.45) is 8.18. The highest BCUT2D eigenvalue weighted by Crippen LogP contribution is 2.46. The molecule has 0 bridgehead atoms. The van der Waals surface area contributed by atoms with Crippen LogP contribution in [0.2, 0.25) is 0 Å². The van der Waals surface area contributed by atoms with Crippen molar-refractivity contribution in [3.63, 3.8) is 0 Å². The third kappa shape index (κ3) is 9.10. The van der Waals surface area contributed by atoms with Crippen LogP contribution in [0, 0.1) is 0 Å². The van der Waals surface area contributed by atoms with Crippen LogP contribution < -0.4 is 0 Å². The Kier molecular flexibility index (Phi) is 13.4. The summed E-state index contributed by atoms with van der Waals surface area (Å²) in [6.45, 7) is 0. The van der Waals surface area contributed by atoms with Gasteiger partial charge in [0.25, 0.3) is 0 Å². The molecular formula is C92H55N7S3. The van der Waals surface area contributed by atoms with Gasteiger partial charge in [-0.25, -0.2) is 0 Å². The maximum absolute atomic E-state index is 5.05. The van der Waals surface area contributed by atoms with Crippen molar-refractivity contribution in [3.05, 3.63) is 334 Å². The first-order valence-electron chi connectivity index (χ1n) is 34.2. The van der Waals surface area contributed by atoms with Crippen LogP contribution in [0.15, 0.2) is 334 Å². The summed E-state index contributed by atoms with van der Waals surface area (Å²) < 4.78 is 14.7. The lowest BCUT2D eigenvalue weighted by molar-refractivity contribution is 1.18. The van der Waals surface area contributed by atoms with Crippen molar-refractivity contribution in [1.29, 1.82) is 0 Å². The van der Waals surface area contributed by atoms with Gasteiger partial charge < -0.3 is 13.7 Å². The van der Waals surface area contributed by atoms with E-state index < -0.39 is 0 Å². The van der Waals surface area contributed by atoms with Gasteiger partial charge in [-0.15, -0.1) is 34.0 Å². The summed E-state index contributed by atoms with van der Waals surface area (Å²) in [4.78, 5) is 20.0. The number of nitrogens with zero attached hydrogens (tertiary/aromatic N) is 7. The zero-order chi connectivity index (χ0) is 66.9. The van der Waals surface area contributed by atoms with Crippen LogP contribution in [0.4, 0.5) is 0 Å². The van der Waals surface area contributed by atoms with E-state index in [2.05, 4.69) is 335 Å². The Bertz CT molecular complexity index is 7310. The van der Waals surface area contributed by atoms with Gasteiger partial charge in [-0.3, -0.25) is 19.9 Å². The van der Waals surface area contributed by atoms with Crippen LogP contribution in [0.3, 0.4) is 0 Å². The Morgan fingerprint density at radius 3 is 1.05 bits per heavy atom. The lowest BCUT2D eigenvalue weighted by atomic mass is 10.0. The molecular weight excluding hydrogens is 1300 g/mol. The zero-order valence-corrected chi connectivity index (χ0v) is 57.1. The highest BCUT2D eigenvalue weighted by molar-refractivity contribution is 7.27. The normalized spacial score (nSPS) is 11.9. The molecule has 10 heteroatoms. The fourth-order valence-corrected chi connectivity index (χ4v) is 19.3. The second-order valence-electron chi connectivity index (χ2n) is 26.0. The standard InChI is InChI=1S/2C33H20N2S.C26H15N3S/c1-2-9-21(10-3-1)22-11-8-12-23(19-22)35-29-15-6-4-13-24(29)28-20-34-31-27(32(28)35)18-17-26-25-14-5-7-16-30(25)36-33(26)31;1-2-8-21(9-3-1)22-14-16-23(17-15-22)35-29-12-6-4-10-24(29)28-20-34-31-27(32(28)35)19-18-26-25-11-5-7-13-30(25)36-33(26)31;1-2-8-16(9-3-1)29-21-12-6-4-10-17(21)19-14-28-24-23(25(19)29)27-15-20-18-11-5-7-13-22(18)30-26(20)24/h2*1-20H;1-15H. The maximum Gasteiger partial charge on any atom is 0.115 e. The number of rotatable bonds is 5. The molecule has 7 nitrogen and oxygen atoms in total. The minimum absolute atomic E-state index is 0.951. The molecule has 0 saturated heterocycles. The summed E-state index contributed by atoms with van der Waals surface area (Å²) in [6, 6.07) is 110. The molecule has 0 N–H and O–H groups in total. The summed E-state index contributed by atoms with van der Waals surface area (Å²) in [7, 11) is 0. The predicted octanol–water partition coefficient (Wildman–Crippen LogP) is 25.8. The van der Waals surface area contributed by atoms with Crippen molar-refractivity contribution >= 4 is 193 Å². The van der Waals surface area contributed by atoms with Gasteiger partial charge in [-0.1, -0.05) is 224 Å². The highest BCUT2D eigenvalue weighted by atomic mass is 32.1. The number of pyridine rings is 4. The lowest BCUT2D eigenvalue weighted by Crippen LogP contribution is -1.95. The topological polar surface area (TPSA) is 66.3 Å². The van der Waals surface area contributed by atoms with Gasteiger partial charge in [0.1, 0.15) is 11.0 Å². The smallest absolute Gasteiger partial charge is 0.115 e. The van der Waals surface area contributed by atoms with Crippen LogP contribution in [-0.4, -0.2) is 33.6 Å². The third-order valence-electron chi connectivity index (χ3n) is 20.3. The number of benzene rings is 13. The summed E-state index contributed by atoms with van der Waals surface area (Å²) in [5.74, 6) is 0. The summed E-state index contributed by atoms with van der Waals surface area (Å²) in [5.41, 5.74) is 19.5. The first kappa shape index (κ1) is 58.3. The van der Waals surface area contributed by atoms with Gasteiger partial charge in [0, 0.05) is 131 Å². The Morgan fingerprint density at radius 2 is 0.529 bits per heavy atom. The molecule has 0 aliphatic rings. The largest absolute Gasteiger partial charge is 0.309 e. The molecule has 23 aromatic rings. The molecule has 0 aliphatic carbocycles. The fraction of sp³-hybridized carbons (Fsp3) is 0. The highest BCUT2D eigenvalue weighted by Gasteiger charge is 2.23. The Morgan fingerprint density at radius 1 is 0.196 bits per heavy atom. The molecule has 10 aromatic heterocycles. The molecule has 10 heterocycles. The minimum atomic E-state index is 0.951. The SMILES string of the molecule is c1ccc(-c2ccc(-n3c4ccccc4c4cnc5c(ccc6c7ccccc7sc65)c43)cc2)cc1.c1ccc(-c2cccc(-n3c4ccccc4c4cnc5c(ccc6c7ccccc7sc65)c43)c2)cc1.c1ccc(-n2c3ccccc3c3cnc4c(ncc5c6ccccc6sc54)c32)cc1. The molecule has 0 saturated carbocycles. The molecule has 476 valence electrons. The minimum Gasteiger partial charge on any atom is -0.309 e. The Labute approximate surface area is 595 Å². The number of para-hydroxylation sites is 4. The molecule has 0 fully saturated rings. The van der Waals surface area contributed by atoms with Crippen LogP contribution in [-0.2, 0) is 0 Å². The van der Waals surface area contributed by atoms with Gasteiger partial charge in [-0.05, 0) is 107 Å². The fourth-order valence-electron chi connectivity index (χ4n) is 15.8. The van der Waals surface area contributed by atoms with Gasteiger partial charge in [0.05, 0.1) is 58.2 Å². The molecule has 0 spiro atoms. The predicted molar refractivity (Wildman–Crippen MR) is 436 cm³/mol. The maximum atomic E-state index is 5.05. The van der Waals surface area contributed by atoms with Crippen LogP contribution in [0.25, 0.3) is 198 Å². The first-order valence-corrected chi connectivity index (χ1v) is 36.7. The van der Waals surface area contributed by atoms with E-state index in [1.807, 2.05) is 35.1 Å². The molecule has 0 atom stereocenters. The van der Waals surface area contributed by atoms with E-state index in [9.17, 15) is 0 Å². The summed E-state index contributed by atoms with van der Waals surface area (Å²) in [5, 5.41) is 17.1. The van der Waals surface area contributed by atoms with Crippen LogP contribution in [0.1, 0.15) is 0 Å². The monoisotopic (exact) mass is 1350 g/mol. The Balaban J connectivity index is 0.0000001000. The number of fused-ring (bicyclic) bond motifs is 27. The molecule has 102 heavy (non-hydrogen) atoms. The molecule has 0 unspecified atom stereocenters. The summed E-state index contributed by atoms with van der Waals surface area (Å²) >= 11 is 5.47. The average molecular weight is 1350 g/mol. The van der Waals surface area contributed by atoms with E-state index in [4.69, 9.17) is 19.9 Å². The van der Waals surface area contributed by atoms with Gasteiger partial charge >= 0.3 is 0 Å². The van der Waals surface area contributed by atoms with E-state index in [1.54, 1.807) is 11.3 Å². The second-order valence-corrected chi connectivity index (χ2v) is 29.1. The number of thiophene rings is 3. The first-order chi connectivity index (χ1) is 50.6. The van der Waals surface area contributed by atoms with E-state index in [-0.39, 0.29) is 0 Å². The van der Waals surface area contributed by atoms with E-state index in [1.165, 1.54) is 148 Å². The van der Waals surface area contributed by atoms with Crippen molar-refractivity contribution < 1.29 is 0 Å². The van der Waals surface area contributed by atoms with E-state index in [0.717, 1.165) is 50.0 Å². The molecule has 0 aliphatic heterocycles. The Hall–Kier alpha value is -12.7. The van der Waals surface area contributed by atoms with Crippen molar-refractivity contribution in [2.45, 2.75) is 0 Å². The quantitative estimate of drug-likeness (QED) is 0.172. The molecule has 23 rings (SSSR count). The molecule has 0 amide bonds. The van der Waals surface area contributed by atoms with Crippen molar-refractivity contribution in [2.24, 2.45) is 0 Å². The second kappa shape index (κ2) is 23.5. The van der Waals surface area contributed by atoms with Gasteiger partial charge in [0.2, 0.25) is 0 Å². The third-order valence-corrected chi connectivity index (χ3v) is 23.9.